The van der Waals surface area contributed by atoms with E-state index in [0.717, 1.165) is 6.07 Å². The molecule has 1 fully saturated rings. The van der Waals surface area contributed by atoms with Crippen molar-refractivity contribution in [2.75, 3.05) is 0 Å². The van der Waals surface area contributed by atoms with Gasteiger partial charge in [0.25, 0.3) is 0 Å². The summed E-state index contributed by atoms with van der Waals surface area (Å²) in [6, 6.07) is 4.08. The van der Waals surface area contributed by atoms with Crippen molar-refractivity contribution in [2.45, 2.75) is 31.7 Å². The Labute approximate surface area is 92.7 Å². The molecule has 0 bridgehead atoms. The van der Waals surface area contributed by atoms with Crippen LogP contribution in [0.5, 0.6) is 0 Å². The van der Waals surface area contributed by atoms with Crippen LogP contribution in [-0.2, 0) is 4.79 Å². The zero-order chi connectivity index (χ0) is 11.9. The molecule has 0 spiro atoms. The van der Waals surface area contributed by atoms with Gasteiger partial charge in [-0.3, -0.25) is 4.79 Å². The number of hydrogen-bond acceptors (Lipinski definition) is 1. The highest BCUT2D eigenvalue weighted by Gasteiger charge is 2.41. The summed E-state index contributed by atoms with van der Waals surface area (Å²) in [4.78, 5) is 11.3. The van der Waals surface area contributed by atoms with Crippen molar-refractivity contribution in [3.05, 3.63) is 35.4 Å². The first-order chi connectivity index (χ1) is 7.42. The molecule has 1 atom stereocenters. The largest absolute Gasteiger partial charge is 0.351 e. The average molecular weight is 225 g/mol. The lowest BCUT2D eigenvalue weighted by Crippen LogP contribution is -2.38. The van der Waals surface area contributed by atoms with Crippen molar-refractivity contribution in [1.82, 2.24) is 5.32 Å². The van der Waals surface area contributed by atoms with Gasteiger partial charge in [-0.1, -0.05) is 12.1 Å². The van der Waals surface area contributed by atoms with Gasteiger partial charge >= 0.3 is 0 Å². The fourth-order valence-corrected chi connectivity index (χ4v) is 2.23. The van der Waals surface area contributed by atoms with E-state index in [1.54, 1.807) is 0 Å². The van der Waals surface area contributed by atoms with Crippen molar-refractivity contribution in [3.8, 4) is 0 Å². The summed E-state index contributed by atoms with van der Waals surface area (Å²) in [5, 5.41) is 2.76. The fourth-order valence-electron chi connectivity index (χ4n) is 2.23. The zero-order valence-electron chi connectivity index (χ0n) is 9.18. The number of rotatable bonds is 1. The lowest BCUT2D eigenvalue weighted by Gasteiger charge is -2.26. The van der Waals surface area contributed by atoms with E-state index in [1.807, 2.05) is 13.8 Å². The van der Waals surface area contributed by atoms with E-state index in [1.165, 1.54) is 12.1 Å². The molecule has 4 heteroatoms. The number of amides is 1. The molecule has 2 nitrogen and oxygen atoms in total. The summed E-state index contributed by atoms with van der Waals surface area (Å²) in [7, 11) is 0. The Morgan fingerprint density at radius 3 is 2.62 bits per heavy atom. The van der Waals surface area contributed by atoms with E-state index in [2.05, 4.69) is 5.32 Å². The third kappa shape index (κ3) is 1.68. The molecule has 1 aromatic rings. The van der Waals surface area contributed by atoms with Crippen LogP contribution in [0.3, 0.4) is 0 Å². The minimum absolute atomic E-state index is 0.126. The van der Waals surface area contributed by atoms with Crippen LogP contribution in [0.25, 0.3) is 0 Å². The van der Waals surface area contributed by atoms with E-state index in [-0.39, 0.29) is 23.8 Å². The van der Waals surface area contributed by atoms with Gasteiger partial charge in [-0.2, -0.15) is 0 Å². The molecular weight excluding hydrogens is 212 g/mol. The van der Waals surface area contributed by atoms with Crippen molar-refractivity contribution >= 4 is 5.91 Å². The zero-order valence-corrected chi connectivity index (χ0v) is 9.18. The van der Waals surface area contributed by atoms with E-state index in [4.69, 9.17) is 0 Å². The first kappa shape index (κ1) is 11.0. The van der Waals surface area contributed by atoms with Gasteiger partial charge in [-0.05, 0) is 25.5 Å². The molecule has 1 saturated heterocycles. The summed E-state index contributed by atoms with van der Waals surface area (Å²) < 4.78 is 26.7. The SMILES string of the molecule is CC1(C)NC(=O)CC1c1cccc(F)c1F. The average Bonchev–Trinajstić information content (AvgIpc) is 2.44. The first-order valence-electron chi connectivity index (χ1n) is 5.17. The number of carbonyl (C=O) groups excluding carboxylic acids is 1. The van der Waals surface area contributed by atoms with Crippen LogP contribution in [0.1, 0.15) is 31.7 Å². The van der Waals surface area contributed by atoms with Crippen LogP contribution in [0, 0.1) is 11.6 Å². The molecule has 1 amide bonds. The van der Waals surface area contributed by atoms with Gasteiger partial charge in [-0.25, -0.2) is 8.78 Å². The van der Waals surface area contributed by atoms with E-state index in [9.17, 15) is 13.6 Å². The third-order valence-electron chi connectivity index (χ3n) is 3.08. The lowest BCUT2D eigenvalue weighted by molar-refractivity contribution is -0.119. The maximum absolute atomic E-state index is 13.6. The summed E-state index contributed by atoms with van der Waals surface area (Å²) in [6.07, 6.45) is 0.202. The van der Waals surface area contributed by atoms with Crippen LogP contribution in [0.4, 0.5) is 8.78 Å². The maximum atomic E-state index is 13.6. The molecule has 1 heterocycles. The van der Waals surface area contributed by atoms with Crippen LogP contribution >= 0.6 is 0 Å². The van der Waals surface area contributed by atoms with Crippen LogP contribution in [0.2, 0.25) is 0 Å². The molecule has 1 N–H and O–H groups in total. The maximum Gasteiger partial charge on any atom is 0.221 e. The Morgan fingerprint density at radius 1 is 1.38 bits per heavy atom. The Bertz CT molecular complexity index is 443. The number of halogens is 2. The van der Waals surface area contributed by atoms with Crippen LogP contribution < -0.4 is 5.32 Å². The monoisotopic (exact) mass is 225 g/mol. The second-order valence-corrected chi connectivity index (χ2v) is 4.67. The highest BCUT2D eigenvalue weighted by molar-refractivity contribution is 5.81. The molecule has 16 heavy (non-hydrogen) atoms. The van der Waals surface area contributed by atoms with Crippen molar-refractivity contribution < 1.29 is 13.6 Å². The van der Waals surface area contributed by atoms with Crippen molar-refractivity contribution in [3.63, 3.8) is 0 Å². The molecule has 0 saturated carbocycles. The lowest BCUT2D eigenvalue weighted by atomic mass is 9.83. The highest BCUT2D eigenvalue weighted by Crippen LogP contribution is 2.37. The Kier molecular flexibility index (Phi) is 2.45. The minimum atomic E-state index is -0.868. The quantitative estimate of drug-likeness (QED) is 0.781. The minimum Gasteiger partial charge on any atom is -0.351 e. The topological polar surface area (TPSA) is 29.1 Å². The number of hydrogen-bond donors (Lipinski definition) is 1. The number of carbonyl (C=O) groups is 1. The molecule has 1 aromatic carbocycles. The molecule has 1 aliphatic rings. The Balaban J connectivity index is 2.45. The Morgan fingerprint density at radius 2 is 2.06 bits per heavy atom. The molecule has 0 radical (unpaired) electrons. The first-order valence-corrected chi connectivity index (χ1v) is 5.17. The molecule has 1 unspecified atom stereocenters. The smallest absolute Gasteiger partial charge is 0.221 e. The Hall–Kier alpha value is -1.45. The summed E-state index contributed by atoms with van der Waals surface area (Å²) in [5.74, 6) is -2.17. The fraction of sp³-hybridized carbons (Fsp3) is 0.417. The van der Waals surface area contributed by atoms with Gasteiger partial charge < -0.3 is 5.32 Å². The van der Waals surface area contributed by atoms with E-state index in [0.29, 0.717) is 0 Å². The van der Waals surface area contributed by atoms with Gasteiger partial charge in [0.05, 0.1) is 0 Å². The third-order valence-corrected chi connectivity index (χ3v) is 3.08. The van der Waals surface area contributed by atoms with Crippen molar-refractivity contribution in [2.24, 2.45) is 0 Å². The van der Waals surface area contributed by atoms with E-state index >= 15 is 0 Å². The molecule has 0 aromatic heterocycles. The van der Waals surface area contributed by atoms with Crippen molar-refractivity contribution in [1.29, 1.82) is 0 Å². The molecule has 1 aliphatic heterocycles. The van der Waals surface area contributed by atoms with Gasteiger partial charge in [0, 0.05) is 17.9 Å². The van der Waals surface area contributed by atoms with Gasteiger partial charge in [-0.15, -0.1) is 0 Å². The predicted octanol–water partition coefficient (Wildman–Crippen LogP) is 2.35. The second-order valence-electron chi connectivity index (χ2n) is 4.67. The molecule has 86 valence electrons. The van der Waals surface area contributed by atoms with Gasteiger partial charge in [0.2, 0.25) is 5.91 Å². The van der Waals surface area contributed by atoms with Gasteiger partial charge in [0.15, 0.2) is 11.6 Å². The standard InChI is InChI=1S/C12H13F2NO/c1-12(2)8(6-10(16)15-12)7-4-3-5-9(13)11(7)14/h3-5,8H,6H2,1-2H3,(H,15,16). The molecule has 0 aliphatic carbocycles. The summed E-state index contributed by atoms with van der Waals surface area (Å²) in [6.45, 7) is 3.62. The molecular formula is C12H13F2NO. The summed E-state index contributed by atoms with van der Waals surface area (Å²) in [5.41, 5.74) is -0.269. The summed E-state index contributed by atoms with van der Waals surface area (Å²) >= 11 is 0. The van der Waals surface area contributed by atoms with E-state index < -0.39 is 17.2 Å². The normalized spacial score (nSPS) is 23.2. The van der Waals surface area contributed by atoms with Crippen LogP contribution in [-0.4, -0.2) is 11.4 Å². The number of benzene rings is 1. The second kappa shape index (κ2) is 3.54. The highest BCUT2D eigenvalue weighted by atomic mass is 19.2. The molecule has 2 rings (SSSR count). The predicted molar refractivity (Wildman–Crippen MR) is 55.9 cm³/mol. The number of nitrogens with one attached hydrogen (secondary N) is 1. The van der Waals surface area contributed by atoms with Gasteiger partial charge in [0.1, 0.15) is 0 Å². The van der Waals surface area contributed by atoms with Crippen LogP contribution in [0.15, 0.2) is 18.2 Å².